The van der Waals surface area contributed by atoms with Crippen molar-refractivity contribution < 1.29 is 0 Å². The maximum Gasteiger partial charge on any atom is 0.0741 e. The molecule has 0 saturated carbocycles. The highest BCUT2D eigenvalue weighted by atomic mass is 35.5. The Balaban J connectivity index is 1.48. The maximum absolute atomic E-state index is 8.24. The van der Waals surface area contributed by atoms with Crippen LogP contribution in [0.15, 0.2) is 47.4 Å². The molecule has 0 saturated heterocycles. The quantitative estimate of drug-likeness (QED) is 0.391. The van der Waals surface area contributed by atoms with Crippen LogP contribution in [-0.2, 0) is 0 Å². The summed E-state index contributed by atoms with van der Waals surface area (Å²) < 4.78 is 0. The largest absolute Gasteiger partial charge is 0.698 e. The minimum atomic E-state index is -0.390. The number of thioether (sulfide) groups is 1. The average molecular weight is 403 g/mol. The molecule has 2 atom stereocenters. The van der Waals surface area contributed by atoms with Crippen molar-refractivity contribution in [2.45, 2.75) is 30.3 Å². The normalized spacial score (nSPS) is 17.3. The highest BCUT2D eigenvalue weighted by molar-refractivity contribution is 8.00. The molecule has 0 amide bonds. The van der Waals surface area contributed by atoms with Crippen molar-refractivity contribution in [1.29, 1.82) is 0 Å². The fourth-order valence-electron chi connectivity index (χ4n) is 2.96. The Hall–Kier alpha value is -1.86. The molecule has 1 aliphatic heterocycles. The monoisotopic (exact) mass is 402 g/mol. The summed E-state index contributed by atoms with van der Waals surface area (Å²) in [5.74, 6) is 0. The number of nitrogens with one attached hydrogen (secondary N) is 4. The number of fused-ring (bicyclic) bond motifs is 1. The summed E-state index contributed by atoms with van der Waals surface area (Å²) in [4.78, 5) is 1.27. The topological polar surface area (TPSA) is 85.9 Å². The Morgan fingerprint density at radius 3 is 3.00 bits per heavy atom. The van der Waals surface area contributed by atoms with Gasteiger partial charge in [-0.1, -0.05) is 41.6 Å². The molecule has 0 bridgehead atoms. The van der Waals surface area contributed by atoms with E-state index in [1.54, 1.807) is 6.08 Å². The van der Waals surface area contributed by atoms with Crippen LogP contribution in [-0.4, -0.2) is 24.6 Å². The van der Waals surface area contributed by atoms with Gasteiger partial charge in [-0.2, -0.15) is 0 Å². The van der Waals surface area contributed by atoms with Crippen LogP contribution < -0.4 is 21.7 Å². The molecule has 2 unspecified atom stereocenters. The molecular formula is C20H25ClN5S-. The van der Waals surface area contributed by atoms with E-state index >= 15 is 0 Å². The van der Waals surface area contributed by atoms with Crippen LogP contribution in [0.2, 0.25) is 5.02 Å². The number of halogens is 1. The van der Waals surface area contributed by atoms with Crippen LogP contribution in [0.3, 0.4) is 0 Å². The summed E-state index contributed by atoms with van der Waals surface area (Å²) in [5, 5.41) is 11.1. The number of benzene rings is 2. The minimum absolute atomic E-state index is 0.375. The zero-order chi connectivity index (χ0) is 19.4. The predicted octanol–water partition coefficient (Wildman–Crippen LogP) is 4.89. The van der Waals surface area contributed by atoms with Crippen LogP contribution in [0.25, 0.3) is 11.4 Å². The molecular weight excluding hydrogens is 378 g/mol. The summed E-state index contributed by atoms with van der Waals surface area (Å²) in [7, 11) is 0. The van der Waals surface area contributed by atoms with Crippen molar-refractivity contribution in [2.75, 3.05) is 23.7 Å². The van der Waals surface area contributed by atoms with E-state index in [1.807, 2.05) is 36.9 Å². The Morgan fingerprint density at radius 2 is 2.19 bits per heavy atom. The van der Waals surface area contributed by atoms with Gasteiger partial charge in [0, 0.05) is 34.4 Å². The third kappa shape index (κ3) is 5.11. The molecule has 2 aromatic carbocycles. The first-order valence-corrected chi connectivity index (χ1v) is 10.2. The van der Waals surface area contributed by atoms with Gasteiger partial charge in [0.1, 0.15) is 0 Å². The van der Waals surface area contributed by atoms with E-state index in [0.29, 0.717) is 22.6 Å². The Morgan fingerprint density at radius 1 is 1.37 bits per heavy atom. The van der Waals surface area contributed by atoms with Gasteiger partial charge in [-0.25, -0.2) is 0 Å². The molecule has 0 radical (unpaired) electrons. The highest BCUT2D eigenvalue weighted by Crippen LogP contribution is 2.39. The Kier molecular flexibility index (Phi) is 6.55. The standard InChI is InChI=1S/C20H25ClN5S/c1-12-15(4-3-5-16(12)21)17(22)11-20(23)25-9-8-24-14-6-7-18-19(10-14)27-13(2)26-18/h3-7,10-11,13,20,22,24-26H,8-9,23H2,1-2H3/q-1/b17-11-. The molecule has 27 heavy (non-hydrogen) atoms. The minimum Gasteiger partial charge on any atom is -0.698 e. The van der Waals surface area contributed by atoms with Gasteiger partial charge in [-0.05, 0) is 49.2 Å². The van der Waals surface area contributed by atoms with Crippen molar-refractivity contribution in [1.82, 2.24) is 5.32 Å². The summed E-state index contributed by atoms with van der Waals surface area (Å²) >= 11 is 7.96. The second kappa shape index (κ2) is 8.89. The molecule has 5 nitrogen and oxygen atoms in total. The molecule has 0 fully saturated rings. The van der Waals surface area contributed by atoms with E-state index < -0.39 is 6.17 Å². The van der Waals surface area contributed by atoms with E-state index in [9.17, 15) is 0 Å². The molecule has 7 heteroatoms. The van der Waals surface area contributed by atoms with Gasteiger partial charge in [0.2, 0.25) is 0 Å². The lowest BCUT2D eigenvalue weighted by Gasteiger charge is -2.18. The van der Waals surface area contributed by atoms with Crippen LogP contribution >= 0.6 is 23.4 Å². The Bertz CT molecular complexity index is 839. The predicted molar refractivity (Wildman–Crippen MR) is 118 cm³/mol. The van der Waals surface area contributed by atoms with Gasteiger partial charge in [-0.15, -0.1) is 5.70 Å². The number of rotatable bonds is 7. The van der Waals surface area contributed by atoms with Gasteiger partial charge in [-0.3, -0.25) is 5.32 Å². The fraction of sp³-hybridized carbons (Fsp3) is 0.300. The van der Waals surface area contributed by atoms with Crippen LogP contribution in [0.1, 0.15) is 18.1 Å². The first-order valence-electron chi connectivity index (χ1n) is 8.93. The number of anilines is 2. The average Bonchev–Trinajstić information content (AvgIpc) is 3.00. The summed E-state index contributed by atoms with van der Waals surface area (Å²) in [6, 6.07) is 11.9. The van der Waals surface area contributed by atoms with Crippen molar-refractivity contribution in [2.24, 2.45) is 5.73 Å². The molecule has 3 rings (SSSR count). The number of hydrogen-bond donors (Lipinski definition) is 4. The Labute approximate surface area is 169 Å². The number of nitrogens with two attached hydrogens (primary N) is 1. The molecule has 2 aromatic rings. The molecule has 6 N–H and O–H groups in total. The van der Waals surface area contributed by atoms with E-state index in [-0.39, 0.29) is 0 Å². The first-order chi connectivity index (χ1) is 12.9. The van der Waals surface area contributed by atoms with E-state index in [2.05, 4.69) is 41.1 Å². The maximum atomic E-state index is 8.24. The molecule has 0 aromatic heterocycles. The summed E-state index contributed by atoms with van der Waals surface area (Å²) in [6.45, 7) is 5.51. The van der Waals surface area contributed by atoms with Gasteiger partial charge in [0.25, 0.3) is 0 Å². The third-order valence-corrected chi connectivity index (χ3v) is 5.85. The van der Waals surface area contributed by atoms with Crippen molar-refractivity contribution >= 4 is 40.4 Å². The van der Waals surface area contributed by atoms with Gasteiger partial charge in [0.15, 0.2) is 0 Å². The zero-order valence-electron chi connectivity index (χ0n) is 15.5. The van der Waals surface area contributed by atoms with Gasteiger partial charge in [0.05, 0.1) is 11.5 Å². The van der Waals surface area contributed by atoms with Crippen LogP contribution in [0.5, 0.6) is 0 Å². The van der Waals surface area contributed by atoms with E-state index in [1.165, 1.54) is 10.6 Å². The van der Waals surface area contributed by atoms with Crippen molar-refractivity contribution in [3.8, 4) is 0 Å². The smallest absolute Gasteiger partial charge is 0.0741 e. The second-order valence-electron chi connectivity index (χ2n) is 6.51. The van der Waals surface area contributed by atoms with Gasteiger partial charge < -0.3 is 22.1 Å². The van der Waals surface area contributed by atoms with E-state index in [4.69, 9.17) is 23.1 Å². The summed E-state index contributed by atoms with van der Waals surface area (Å²) in [6.07, 6.45) is 1.32. The van der Waals surface area contributed by atoms with Crippen LogP contribution in [0.4, 0.5) is 11.4 Å². The molecule has 0 spiro atoms. The van der Waals surface area contributed by atoms with E-state index in [0.717, 1.165) is 23.4 Å². The molecule has 1 heterocycles. The summed E-state index contributed by atoms with van der Waals surface area (Å²) in [5.41, 5.74) is 18.7. The first kappa shape index (κ1) is 19.9. The SMILES string of the molecule is Cc1c(Cl)cccc1/C([NH-])=C/C(N)NCCNc1ccc2c(c1)SC(C)N2. The van der Waals surface area contributed by atoms with Gasteiger partial charge >= 0.3 is 0 Å². The third-order valence-electron chi connectivity index (χ3n) is 4.38. The van der Waals surface area contributed by atoms with Crippen LogP contribution in [0, 0.1) is 6.92 Å². The van der Waals surface area contributed by atoms with Crippen molar-refractivity contribution in [3.05, 3.63) is 64.4 Å². The molecule has 0 aliphatic carbocycles. The lowest BCUT2D eigenvalue weighted by Crippen LogP contribution is -2.38. The number of hydrogen-bond acceptors (Lipinski definition) is 5. The fourth-order valence-corrected chi connectivity index (χ4v) is 4.15. The second-order valence-corrected chi connectivity index (χ2v) is 8.30. The zero-order valence-corrected chi connectivity index (χ0v) is 17.0. The lowest BCUT2D eigenvalue weighted by atomic mass is 10.1. The molecule has 1 aliphatic rings. The molecule has 144 valence electrons. The highest BCUT2D eigenvalue weighted by Gasteiger charge is 2.17. The van der Waals surface area contributed by atoms with Crippen molar-refractivity contribution in [3.63, 3.8) is 0 Å². The lowest BCUT2D eigenvalue weighted by molar-refractivity contribution is 0.626.